The number of hydrogen-bond donors (Lipinski definition) is 2. The zero-order chi connectivity index (χ0) is 16.9. The highest BCUT2D eigenvalue weighted by atomic mass is 16.5. The van der Waals surface area contributed by atoms with Crippen molar-refractivity contribution in [2.45, 2.75) is 13.0 Å². The van der Waals surface area contributed by atoms with E-state index in [1.165, 1.54) is 0 Å². The van der Waals surface area contributed by atoms with Crippen LogP contribution in [-0.4, -0.2) is 65.4 Å². The molecule has 6 nitrogen and oxygen atoms in total. The quantitative estimate of drug-likeness (QED) is 0.387. The molecule has 0 aliphatic rings. The maximum absolute atomic E-state index is 5.75. The first-order valence-electron chi connectivity index (χ1n) is 7.95. The van der Waals surface area contributed by atoms with E-state index in [-0.39, 0.29) is 0 Å². The highest BCUT2D eigenvalue weighted by molar-refractivity contribution is 5.79. The molecule has 23 heavy (non-hydrogen) atoms. The predicted octanol–water partition coefficient (Wildman–Crippen LogP) is 1.33. The van der Waals surface area contributed by atoms with Gasteiger partial charge >= 0.3 is 0 Å². The van der Waals surface area contributed by atoms with Crippen LogP contribution in [0.4, 0.5) is 0 Å². The fourth-order valence-electron chi connectivity index (χ4n) is 1.92. The first-order valence-corrected chi connectivity index (χ1v) is 7.95. The van der Waals surface area contributed by atoms with Crippen molar-refractivity contribution in [3.05, 3.63) is 29.8 Å². The van der Waals surface area contributed by atoms with Crippen molar-refractivity contribution >= 4 is 5.96 Å². The Kier molecular flexibility index (Phi) is 9.83. The zero-order valence-electron chi connectivity index (χ0n) is 14.8. The van der Waals surface area contributed by atoms with Crippen LogP contribution in [0.25, 0.3) is 0 Å². The van der Waals surface area contributed by atoms with Crippen molar-refractivity contribution in [3.8, 4) is 5.75 Å². The molecule has 1 aromatic carbocycles. The zero-order valence-corrected chi connectivity index (χ0v) is 14.8. The third-order valence-electron chi connectivity index (χ3n) is 3.21. The van der Waals surface area contributed by atoms with E-state index >= 15 is 0 Å². The normalized spacial score (nSPS) is 11.6. The molecule has 0 aliphatic carbocycles. The van der Waals surface area contributed by atoms with Crippen molar-refractivity contribution in [1.82, 2.24) is 15.5 Å². The minimum Gasteiger partial charge on any atom is -0.492 e. The van der Waals surface area contributed by atoms with Gasteiger partial charge in [-0.05, 0) is 38.2 Å². The standard InChI is InChI=1S/C17H30N4O2/c1-18-17(19-9-6-11-22-4)20-14-15-7-5-8-16(13-15)23-12-10-21(2)3/h5,7-8,13H,6,9-12,14H2,1-4H3,(H2,18,19,20). The monoisotopic (exact) mass is 322 g/mol. The van der Waals surface area contributed by atoms with Crippen LogP contribution < -0.4 is 15.4 Å². The molecule has 1 rings (SSSR count). The van der Waals surface area contributed by atoms with Gasteiger partial charge in [-0.15, -0.1) is 0 Å². The van der Waals surface area contributed by atoms with Gasteiger partial charge in [-0.25, -0.2) is 0 Å². The summed E-state index contributed by atoms with van der Waals surface area (Å²) in [5.74, 6) is 1.69. The Bertz CT molecular complexity index is 464. The van der Waals surface area contributed by atoms with Crippen LogP contribution in [-0.2, 0) is 11.3 Å². The average Bonchev–Trinajstić information content (AvgIpc) is 2.54. The van der Waals surface area contributed by atoms with Crippen LogP contribution >= 0.6 is 0 Å². The van der Waals surface area contributed by atoms with Gasteiger partial charge in [0.15, 0.2) is 5.96 Å². The summed E-state index contributed by atoms with van der Waals surface area (Å²) in [5.41, 5.74) is 1.16. The number of nitrogens with one attached hydrogen (secondary N) is 2. The number of benzene rings is 1. The highest BCUT2D eigenvalue weighted by Gasteiger charge is 2.00. The Labute approximate surface area is 139 Å². The first kappa shape index (κ1) is 19.3. The molecule has 0 saturated heterocycles. The van der Waals surface area contributed by atoms with E-state index in [4.69, 9.17) is 9.47 Å². The van der Waals surface area contributed by atoms with E-state index in [0.29, 0.717) is 13.2 Å². The van der Waals surface area contributed by atoms with E-state index in [1.807, 2.05) is 26.2 Å². The van der Waals surface area contributed by atoms with E-state index in [2.05, 4.69) is 32.7 Å². The van der Waals surface area contributed by atoms with Gasteiger partial charge in [0.25, 0.3) is 0 Å². The van der Waals surface area contributed by atoms with E-state index in [0.717, 1.165) is 43.4 Å². The van der Waals surface area contributed by atoms with Crippen LogP contribution in [0, 0.1) is 0 Å². The fourth-order valence-corrected chi connectivity index (χ4v) is 1.92. The van der Waals surface area contributed by atoms with Gasteiger partial charge < -0.3 is 25.0 Å². The maximum Gasteiger partial charge on any atom is 0.191 e. The lowest BCUT2D eigenvalue weighted by Gasteiger charge is -2.13. The second-order valence-electron chi connectivity index (χ2n) is 5.50. The predicted molar refractivity (Wildman–Crippen MR) is 95.2 cm³/mol. The number of guanidine groups is 1. The molecular weight excluding hydrogens is 292 g/mol. The molecule has 0 atom stereocenters. The van der Waals surface area contributed by atoms with Crippen LogP contribution in [0.3, 0.4) is 0 Å². The van der Waals surface area contributed by atoms with Crippen molar-refractivity contribution < 1.29 is 9.47 Å². The van der Waals surface area contributed by atoms with Crippen molar-refractivity contribution in [2.75, 3.05) is 54.6 Å². The Balaban J connectivity index is 2.38. The largest absolute Gasteiger partial charge is 0.492 e. The smallest absolute Gasteiger partial charge is 0.191 e. The lowest BCUT2D eigenvalue weighted by molar-refractivity contribution is 0.195. The number of hydrogen-bond acceptors (Lipinski definition) is 4. The van der Waals surface area contributed by atoms with E-state index in [9.17, 15) is 0 Å². The van der Waals surface area contributed by atoms with Crippen molar-refractivity contribution in [3.63, 3.8) is 0 Å². The Morgan fingerprint density at radius 2 is 2.04 bits per heavy atom. The molecule has 1 aromatic rings. The second-order valence-corrected chi connectivity index (χ2v) is 5.50. The summed E-state index contributed by atoms with van der Waals surface area (Å²) in [4.78, 5) is 6.31. The Hall–Kier alpha value is -1.79. The molecule has 0 radical (unpaired) electrons. The fraction of sp³-hybridized carbons (Fsp3) is 0.588. The van der Waals surface area contributed by atoms with Crippen LogP contribution in [0.5, 0.6) is 5.75 Å². The van der Waals surface area contributed by atoms with Gasteiger partial charge in [0.1, 0.15) is 12.4 Å². The molecular formula is C17H30N4O2. The number of methoxy groups -OCH3 is 1. The molecule has 0 fully saturated rings. The molecule has 0 saturated carbocycles. The Morgan fingerprint density at radius 1 is 1.22 bits per heavy atom. The summed E-state index contributed by atoms with van der Waals surface area (Å²) in [5, 5.41) is 6.56. The van der Waals surface area contributed by atoms with Gasteiger partial charge in [0.05, 0.1) is 0 Å². The summed E-state index contributed by atoms with van der Waals surface area (Å²) < 4.78 is 10.8. The second kappa shape index (κ2) is 11.7. The van der Waals surface area contributed by atoms with Crippen LogP contribution in [0.1, 0.15) is 12.0 Å². The number of nitrogens with zero attached hydrogens (tertiary/aromatic N) is 2. The third kappa shape index (κ3) is 9.05. The summed E-state index contributed by atoms with van der Waals surface area (Å²) in [6.45, 7) is 3.87. The van der Waals surface area contributed by atoms with Crippen molar-refractivity contribution in [1.29, 1.82) is 0 Å². The minimum atomic E-state index is 0.687. The summed E-state index contributed by atoms with van der Waals surface area (Å²) in [6.07, 6.45) is 0.951. The lowest BCUT2D eigenvalue weighted by atomic mass is 10.2. The molecule has 0 aromatic heterocycles. The van der Waals surface area contributed by atoms with Gasteiger partial charge in [-0.3, -0.25) is 4.99 Å². The molecule has 6 heteroatoms. The summed E-state index contributed by atoms with van der Waals surface area (Å²) in [7, 11) is 7.55. The van der Waals surface area contributed by atoms with Gasteiger partial charge in [-0.1, -0.05) is 12.1 Å². The summed E-state index contributed by atoms with van der Waals surface area (Å²) >= 11 is 0. The van der Waals surface area contributed by atoms with Crippen LogP contribution in [0.15, 0.2) is 29.3 Å². The molecule has 0 unspecified atom stereocenters. The molecule has 0 spiro atoms. The molecule has 2 N–H and O–H groups in total. The molecule has 0 heterocycles. The van der Waals surface area contributed by atoms with Gasteiger partial charge in [-0.2, -0.15) is 0 Å². The average molecular weight is 322 g/mol. The number of rotatable bonds is 10. The highest BCUT2D eigenvalue weighted by Crippen LogP contribution is 2.13. The Morgan fingerprint density at radius 3 is 2.74 bits per heavy atom. The topological polar surface area (TPSA) is 58.1 Å². The number of likely N-dealkylation sites (N-methyl/N-ethyl adjacent to an activating group) is 1. The lowest BCUT2D eigenvalue weighted by Crippen LogP contribution is -2.37. The third-order valence-corrected chi connectivity index (χ3v) is 3.21. The molecule has 130 valence electrons. The summed E-state index contributed by atoms with van der Waals surface area (Å²) in [6, 6.07) is 8.12. The molecule has 0 bridgehead atoms. The maximum atomic E-state index is 5.75. The van der Waals surface area contributed by atoms with E-state index < -0.39 is 0 Å². The van der Waals surface area contributed by atoms with E-state index in [1.54, 1.807) is 14.2 Å². The van der Waals surface area contributed by atoms with Crippen LogP contribution in [0.2, 0.25) is 0 Å². The SMILES string of the molecule is CN=C(NCCCOC)NCc1cccc(OCCN(C)C)c1. The number of ether oxygens (including phenoxy) is 2. The van der Waals surface area contributed by atoms with Gasteiger partial charge in [0, 0.05) is 40.4 Å². The first-order chi connectivity index (χ1) is 11.2. The molecule has 0 aliphatic heterocycles. The number of aliphatic imine (C=N–C) groups is 1. The minimum absolute atomic E-state index is 0.687. The van der Waals surface area contributed by atoms with Crippen molar-refractivity contribution in [2.24, 2.45) is 4.99 Å². The van der Waals surface area contributed by atoms with Gasteiger partial charge in [0.2, 0.25) is 0 Å². The molecule has 0 amide bonds.